The van der Waals surface area contributed by atoms with Gasteiger partial charge in [-0.3, -0.25) is 9.63 Å². The van der Waals surface area contributed by atoms with Gasteiger partial charge in [-0.2, -0.15) is 5.06 Å². The molecule has 0 atom stereocenters. The Morgan fingerprint density at radius 3 is 2.16 bits per heavy atom. The van der Waals surface area contributed by atoms with Crippen LogP contribution in [-0.2, 0) is 14.5 Å². The van der Waals surface area contributed by atoms with E-state index in [9.17, 15) is 9.90 Å². The van der Waals surface area contributed by atoms with Gasteiger partial charge in [-0.1, -0.05) is 12.1 Å². The number of aliphatic hydroxyl groups excluding tert-OH is 1. The summed E-state index contributed by atoms with van der Waals surface area (Å²) in [5.41, 5.74) is 3.54. The number of carbonyl (C=O) groups is 1. The van der Waals surface area contributed by atoms with Crippen molar-refractivity contribution in [2.24, 2.45) is 0 Å². The van der Waals surface area contributed by atoms with Crippen LogP contribution in [0.5, 0.6) is 0 Å². The van der Waals surface area contributed by atoms with Crippen molar-refractivity contribution in [1.29, 1.82) is 0 Å². The number of rotatable bonds is 3. The van der Waals surface area contributed by atoms with Crippen LogP contribution in [0.25, 0.3) is 5.57 Å². The lowest BCUT2D eigenvalue weighted by atomic mass is 9.85. The second kappa shape index (κ2) is 6.44. The van der Waals surface area contributed by atoms with Crippen LogP contribution in [0.4, 0.5) is 0 Å². The number of piperidine rings is 1. The maximum atomic E-state index is 13.1. The Hall–Kier alpha value is -1.89. The van der Waals surface area contributed by atoms with Gasteiger partial charge < -0.3 is 9.94 Å². The van der Waals surface area contributed by atoms with Crippen LogP contribution in [0.15, 0.2) is 17.9 Å². The Morgan fingerprint density at radius 1 is 1.00 bits per heavy atom. The molecule has 0 bridgehead atoms. The van der Waals surface area contributed by atoms with Crippen LogP contribution in [0.2, 0.25) is 0 Å². The van der Waals surface area contributed by atoms with E-state index in [1.54, 1.807) is 7.11 Å². The topological polar surface area (TPSA) is 62.2 Å². The summed E-state index contributed by atoms with van der Waals surface area (Å²) in [6.07, 6.45) is 1.11. The Morgan fingerprint density at radius 2 is 1.60 bits per heavy atom. The molecule has 0 aromatic heterocycles. The van der Waals surface area contributed by atoms with Gasteiger partial charge in [0.05, 0.1) is 19.8 Å². The molecule has 136 valence electrons. The maximum Gasteiger partial charge on any atom is 0.282 e. The molecule has 6 nitrogen and oxygen atoms in total. The van der Waals surface area contributed by atoms with Crippen LogP contribution >= 0.6 is 0 Å². The average Bonchev–Trinajstić information content (AvgIpc) is 2.79. The number of hydrogen-bond donors (Lipinski definition) is 1. The molecule has 1 saturated heterocycles. The van der Waals surface area contributed by atoms with Crippen molar-refractivity contribution < 1.29 is 19.6 Å². The number of benzene rings is 1. The number of hydroxylamine groups is 4. The van der Waals surface area contributed by atoms with E-state index in [0.717, 1.165) is 16.7 Å². The molecular formula is C19H26N2O4. The van der Waals surface area contributed by atoms with Gasteiger partial charge >= 0.3 is 0 Å². The minimum atomic E-state index is -0.818. The van der Waals surface area contributed by atoms with E-state index < -0.39 is 5.54 Å². The highest BCUT2D eigenvalue weighted by Gasteiger charge is 2.55. The number of nitrogens with zero attached hydrogens (tertiary/aromatic N) is 2. The first-order chi connectivity index (χ1) is 11.9. The molecule has 1 aromatic rings. The van der Waals surface area contributed by atoms with Crippen LogP contribution in [0, 0.1) is 20.8 Å². The molecule has 0 radical (unpaired) electrons. The number of aliphatic hydroxyl groups is 1. The summed E-state index contributed by atoms with van der Waals surface area (Å²) in [6.45, 7) is 7.25. The van der Waals surface area contributed by atoms with E-state index in [0.29, 0.717) is 31.5 Å². The van der Waals surface area contributed by atoms with Gasteiger partial charge in [0.15, 0.2) is 0 Å². The predicted molar refractivity (Wildman–Crippen MR) is 94.6 cm³/mol. The Labute approximate surface area is 148 Å². The summed E-state index contributed by atoms with van der Waals surface area (Å²) < 4.78 is 0. The largest absolute Gasteiger partial charge is 0.509 e. The first-order valence-electron chi connectivity index (χ1n) is 8.55. The summed E-state index contributed by atoms with van der Waals surface area (Å²) in [4.78, 5) is 23.8. The zero-order valence-corrected chi connectivity index (χ0v) is 15.5. The number of aryl methyl sites for hydroxylation is 3. The van der Waals surface area contributed by atoms with Crippen LogP contribution < -0.4 is 0 Å². The summed E-state index contributed by atoms with van der Waals surface area (Å²) in [6, 6.07) is 4.03. The van der Waals surface area contributed by atoms with Gasteiger partial charge in [-0.15, -0.1) is 0 Å². The van der Waals surface area contributed by atoms with Gasteiger partial charge in [0.1, 0.15) is 11.3 Å². The van der Waals surface area contributed by atoms with E-state index in [4.69, 9.17) is 9.68 Å². The fraction of sp³-hybridized carbons (Fsp3) is 0.526. The Kier molecular flexibility index (Phi) is 4.62. The molecule has 1 N–H and O–H groups in total. The molecule has 2 aliphatic rings. The lowest BCUT2D eigenvalue weighted by molar-refractivity contribution is -0.221. The summed E-state index contributed by atoms with van der Waals surface area (Å²) in [7, 11) is 3.11. The third-order valence-electron chi connectivity index (χ3n) is 5.57. The molecule has 1 spiro atoms. The molecule has 6 heteroatoms. The lowest BCUT2D eigenvalue weighted by Crippen LogP contribution is -2.54. The molecular weight excluding hydrogens is 320 g/mol. The molecule has 1 fully saturated rings. The van der Waals surface area contributed by atoms with Crippen LogP contribution in [-0.4, -0.2) is 54.0 Å². The number of carbonyl (C=O) groups excluding carboxylic acids is 1. The van der Waals surface area contributed by atoms with Crippen molar-refractivity contribution in [3.63, 3.8) is 0 Å². The van der Waals surface area contributed by atoms with Gasteiger partial charge in [0.25, 0.3) is 5.91 Å². The monoisotopic (exact) mass is 346 g/mol. The third kappa shape index (κ3) is 2.65. The molecule has 0 aliphatic carbocycles. The van der Waals surface area contributed by atoms with Gasteiger partial charge in [0, 0.05) is 13.1 Å². The summed E-state index contributed by atoms with van der Waals surface area (Å²) in [5, 5.41) is 14.3. The quantitative estimate of drug-likeness (QED) is 0.912. The zero-order chi connectivity index (χ0) is 18.4. The first-order valence-corrected chi connectivity index (χ1v) is 8.55. The van der Waals surface area contributed by atoms with E-state index in [-0.39, 0.29) is 11.7 Å². The van der Waals surface area contributed by atoms with Gasteiger partial charge in [0.2, 0.25) is 0 Å². The second-order valence-corrected chi connectivity index (χ2v) is 6.90. The Bertz CT molecular complexity index is 733. The predicted octanol–water partition coefficient (Wildman–Crippen LogP) is 2.68. The first kappa shape index (κ1) is 17.9. The standard InChI is InChI=1S/C19H26N2O4/c1-12-10-14(3)15(11-13(12)2)16-17(22)19(21(25-5)18(16)23)6-8-20(24-4)9-7-19/h10-11,22H,6-9H2,1-5H3. The Balaban J connectivity index is 2.10. The summed E-state index contributed by atoms with van der Waals surface area (Å²) >= 11 is 0. The van der Waals surface area contributed by atoms with E-state index >= 15 is 0 Å². The smallest absolute Gasteiger partial charge is 0.282 e. The van der Waals surface area contributed by atoms with Crippen molar-refractivity contribution >= 4 is 11.5 Å². The molecule has 2 heterocycles. The lowest BCUT2D eigenvalue weighted by Gasteiger charge is -2.42. The van der Waals surface area contributed by atoms with E-state index in [2.05, 4.69) is 0 Å². The zero-order valence-electron chi connectivity index (χ0n) is 15.5. The highest BCUT2D eigenvalue weighted by Crippen LogP contribution is 2.45. The highest BCUT2D eigenvalue weighted by atomic mass is 16.7. The fourth-order valence-corrected chi connectivity index (χ4v) is 3.93. The minimum Gasteiger partial charge on any atom is -0.509 e. The van der Waals surface area contributed by atoms with Crippen molar-refractivity contribution in [2.75, 3.05) is 27.3 Å². The third-order valence-corrected chi connectivity index (χ3v) is 5.57. The molecule has 2 aliphatic heterocycles. The van der Waals surface area contributed by atoms with Gasteiger partial charge in [-0.05, 0) is 55.9 Å². The molecule has 1 amide bonds. The molecule has 3 rings (SSSR count). The van der Waals surface area contributed by atoms with Gasteiger partial charge in [-0.25, -0.2) is 5.06 Å². The molecule has 25 heavy (non-hydrogen) atoms. The van der Waals surface area contributed by atoms with Crippen LogP contribution in [0.3, 0.4) is 0 Å². The van der Waals surface area contributed by atoms with Crippen molar-refractivity contribution in [2.45, 2.75) is 39.2 Å². The SMILES string of the molecule is CON1CCC2(CC1)C(O)=C(c1cc(C)c(C)cc1C)C(=O)N2OC. The van der Waals surface area contributed by atoms with Crippen molar-refractivity contribution in [1.82, 2.24) is 10.1 Å². The summed E-state index contributed by atoms with van der Waals surface area (Å²) in [5.74, 6) is -0.168. The van der Waals surface area contributed by atoms with E-state index in [1.165, 1.54) is 17.7 Å². The maximum absolute atomic E-state index is 13.1. The molecule has 1 aromatic carbocycles. The molecule has 0 unspecified atom stereocenters. The molecule has 0 saturated carbocycles. The number of amides is 1. The van der Waals surface area contributed by atoms with Crippen molar-refractivity contribution in [3.8, 4) is 0 Å². The second-order valence-electron chi connectivity index (χ2n) is 6.90. The highest BCUT2D eigenvalue weighted by molar-refractivity contribution is 6.23. The van der Waals surface area contributed by atoms with Crippen molar-refractivity contribution in [3.05, 3.63) is 40.1 Å². The minimum absolute atomic E-state index is 0.112. The van der Waals surface area contributed by atoms with E-state index in [1.807, 2.05) is 38.0 Å². The van der Waals surface area contributed by atoms with Crippen LogP contribution in [0.1, 0.15) is 35.1 Å². The fourth-order valence-electron chi connectivity index (χ4n) is 3.93. The average molecular weight is 346 g/mol. The normalized spacial score (nSPS) is 20.8. The number of hydrogen-bond acceptors (Lipinski definition) is 5.